The summed E-state index contributed by atoms with van der Waals surface area (Å²) in [6, 6.07) is 4.53. The molecule has 1 aromatic rings. The van der Waals surface area contributed by atoms with Gasteiger partial charge in [0.25, 0.3) is 0 Å². The van der Waals surface area contributed by atoms with Crippen LogP contribution in [-0.4, -0.2) is 42.9 Å². The zero-order valence-electron chi connectivity index (χ0n) is 13.4. The molecule has 0 bridgehead atoms. The fraction of sp³-hybridized carbons (Fsp3) is 0.556. The highest BCUT2D eigenvalue weighted by molar-refractivity contribution is 5.61. The van der Waals surface area contributed by atoms with Crippen molar-refractivity contribution in [2.75, 3.05) is 20.7 Å². The molecule has 0 saturated carbocycles. The van der Waals surface area contributed by atoms with Crippen molar-refractivity contribution in [3.05, 3.63) is 35.4 Å². The molecule has 1 aliphatic carbocycles. The van der Waals surface area contributed by atoms with Crippen LogP contribution in [0.5, 0.6) is 11.5 Å². The maximum Gasteiger partial charge on any atom is 0.166 e. The summed E-state index contributed by atoms with van der Waals surface area (Å²) < 4.78 is 11.8. The third kappa shape index (κ3) is 1.71. The highest BCUT2D eigenvalue weighted by atomic mass is 16.5. The van der Waals surface area contributed by atoms with Gasteiger partial charge in [-0.2, -0.15) is 0 Å². The molecule has 2 heterocycles. The number of nitrogens with zero attached hydrogens (tertiary/aromatic N) is 1. The summed E-state index contributed by atoms with van der Waals surface area (Å²) in [6.45, 7) is 3.26. The lowest BCUT2D eigenvalue weighted by molar-refractivity contribution is 0.0813. The van der Waals surface area contributed by atoms with Gasteiger partial charge in [-0.25, -0.2) is 0 Å². The van der Waals surface area contributed by atoms with Gasteiger partial charge in [-0.05, 0) is 38.6 Å². The summed E-state index contributed by atoms with van der Waals surface area (Å²) in [5.41, 5.74) is 2.47. The lowest BCUT2D eigenvalue weighted by atomic mass is 9.69. The first-order chi connectivity index (χ1) is 10.6. The van der Waals surface area contributed by atoms with Crippen LogP contribution >= 0.6 is 0 Å². The molecule has 2 aliphatic heterocycles. The van der Waals surface area contributed by atoms with E-state index in [1.165, 1.54) is 11.1 Å². The normalized spacial score (nSPS) is 36.3. The SMILES string of the molecule is COc1ccc2c3c1O[C@H]1C[C@H](O)C=C[C@@]31CCN(C)[C@@H]2C. The van der Waals surface area contributed by atoms with Crippen molar-refractivity contribution >= 4 is 0 Å². The molecule has 1 aromatic carbocycles. The van der Waals surface area contributed by atoms with E-state index in [0.717, 1.165) is 24.5 Å². The molecule has 4 atom stereocenters. The first-order valence-corrected chi connectivity index (χ1v) is 8.02. The minimum Gasteiger partial charge on any atom is -0.493 e. The lowest BCUT2D eigenvalue weighted by Crippen LogP contribution is -2.42. The van der Waals surface area contributed by atoms with Crippen molar-refractivity contribution in [2.24, 2.45) is 0 Å². The van der Waals surface area contributed by atoms with Gasteiger partial charge in [0, 0.05) is 18.0 Å². The first-order valence-electron chi connectivity index (χ1n) is 8.02. The third-order valence-corrected chi connectivity index (χ3v) is 5.73. The quantitative estimate of drug-likeness (QED) is 0.809. The van der Waals surface area contributed by atoms with Gasteiger partial charge in [-0.3, -0.25) is 4.90 Å². The number of hydrogen-bond acceptors (Lipinski definition) is 4. The van der Waals surface area contributed by atoms with Crippen molar-refractivity contribution < 1.29 is 14.6 Å². The molecule has 0 radical (unpaired) electrons. The van der Waals surface area contributed by atoms with Crippen molar-refractivity contribution in [1.29, 1.82) is 0 Å². The van der Waals surface area contributed by atoms with Gasteiger partial charge >= 0.3 is 0 Å². The second-order valence-electron chi connectivity index (χ2n) is 6.78. The smallest absolute Gasteiger partial charge is 0.166 e. The average Bonchev–Trinajstić information content (AvgIpc) is 2.80. The molecule has 0 fully saturated rings. The molecule has 0 unspecified atom stereocenters. The Bertz CT molecular complexity index is 641. The van der Waals surface area contributed by atoms with Gasteiger partial charge in [0.2, 0.25) is 0 Å². The van der Waals surface area contributed by atoms with E-state index in [0.29, 0.717) is 12.5 Å². The summed E-state index contributed by atoms with van der Waals surface area (Å²) in [7, 11) is 3.86. The van der Waals surface area contributed by atoms with Crippen LogP contribution in [0, 0.1) is 0 Å². The molecular formula is C18H23NO3. The van der Waals surface area contributed by atoms with Crippen LogP contribution in [0.3, 0.4) is 0 Å². The van der Waals surface area contributed by atoms with E-state index in [2.05, 4.69) is 31.0 Å². The largest absolute Gasteiger partial charge is 0.493 e. The predicted octanol–water partition coefficient (Wildman–Crippen LogP) is 2.41. The molecule has 1 spiro atoms. The van der Waals surface area contributed by atoms with E-state index in [1.54, 1.807) is 7.11 Å². The molecule has 1 N–H and O–H groups in total. The Hall–Kier alpha value is -1.52. The zero-order valence-corrected chi connectivity index (χ0v) is 13.4. The molecular weight excluding hydrogens is 278 g/mol. The highest BCUT2D eigenvalue weighted by Gasteiger charge is 2.53. The standard InChI is InChI=1S/C18H23NO3/c1-11-13-4-5-14(21-3)17-16(13)18(8-9-19(11)2)7-6-12(20)10-15(18)22-17/h4-7,11-12,15,20H,8-10H2,1-3H3/t11-,12-,15+,18+/m1/s1. The fourth-order valence-corrected chi connectivity index (χ4v) is 4.28. The second kappa shape index (κ2) is 4.74. The van der Waals surface area contributed by atoms with E-state index >= 15 is 0 Å². The Labute approximate surface area is 131 Å². The summed E-state index contributed by atoms with van der Waals surface area (Å²) >= 11 is 0. The van der Waals surface area contributed by atoms with Crippen molar-refractivity contribution in [2.45, 2.75) is 43.4 Å². The number of rotatable bonds is 1. The lowest BCUT2D eigenvalue weighted by Gasteiger charge is -2.35. The number of methoxy groups -OCH3 is 1. The number of aliphatic hydroxyl groups excluding tert-OH is 1. The molecule has 0 aromatic heterocycles. The van der Waals surface area contributed by atoms with Crippen LogP contribution in [-0.2, 0) is 5.41 Å². The Morgan fingerprint density at radius 3 is 3.00 bits per heavy atom. The van der Waals surface area contributed by atoms with Crippen LogP contribution in [0.15, 0.2) is 24.3 Å². The molecule has 3 aliphatic rings. The highest BCUT2D eigenvalue weighted by Crippen LogP contribution is 2.57. The van der Waals surface area contributed by atoms with Crippen molar-refractivity contribution in [3.8, 4) is 11.5 Å². The fourth-order valence-electron chi connectivity index (χ4n) is 4.28. The molecule has 0 amide bonds. The summed E-state index contributed by atoms with van der Waals surface area (Å²) in [6.07, 6.45) is 5.36. The van der Waals surface area contributed by atoms with Crippen LogP contribution in [0.1, 0.15) is 36.9 Å². The van der Waals surface area contributed by atoms with Crippen molar-refractivity contribution in [1.82, 2.24) is 4.90 Å². The summed E-state index contributed by atoms with van der Waals surface area (Å²) in [4.78, 5) is 2.39. The third-order valence-electron chi connectivity index (χ3n) is 5.73. The minimum atomic E-state index is -0.419. The molecule has 4 heteroatoms. The monoisotopic (exact) mass is 301 g/mol. The Balaban J connectivity index is 1.98. The molecule has 4 rings (SSSR count). The van der Waals surface area contributed by atoms with Crippen LogP contribution in [0.2, 0.25) is 0 Å². The number of ether oxygens (including phenoxy) is 2. The predicted molar refractivity (Wildman–Crippen MR) is 84.5 cm³/mol. The molecule has 4 nitrogen and oxygen atoms in total. The van der Waals surface area contributed by atoms with E-state index in [9.17, 15) is 5.11 Å². The summed E-state index contributed by atoms with van der Waals surface area (Å²) in [5, 5.41) is 10.0. The number of benzene rings is 1. The van der Waals surface area contributed by atoms with E-state index in [-0.39, 0.29) is 11.5 Å². The Morgan fingerprint density at radius 1 is 1.41 bits per heavy atom. The number of aliphatic hydroxyl groups is 1. The van der Waals surface area contributed by atoms with Crippen LogP contribution in [0.25, 0.3) is 0 Å². The number of hydrogen-bond donors (Lipinski definition) is 1. The van der Waals surface area contributed by atoms with Crippen LogP contribution in [0.4, 0.5) is 0 Å². The average molecular weight is 301 g/mol. The zero-order chi connectivity index (χ0) is 15.5. The first kappa shape index (κ1) is 14.1. The van der Waals surface area contributed by atoms with Gasteiger partial charge in [-0.1, -0.05) is 18.2 Å². The van der Waals surface area contributed by atoms with E-state index < -0.39 is 6.10 Å². The maximum atomic E-state index is 10.0. The molecule has 118 valence electrons. The Kier molecular flexibility index (Phi) is 3.03. The van der Waals surface area contributed by atoms with Crippen molar-refractivity contribution in [3.63, 3.8) is 0 Å². The molecule has 22 heavy (non-hydrogen) atoms. The van der Waals surface area contributed by atoms with Gasteiger partial charge in [0.1, 0.15) is 6.10 Å². The summed E-state index contributed by atoms with van der Waals surface area (Å²) in [5.74, 6) is 1.68. The van der Waals surface area contributed by atoms with Gasteiger partial charge in [0.15, 0.2) is 11.5 Å². The van der Waals surface area contributed by atoms with E-state index in [4.69, 9.17) is 9.47 Å². The van der Waals surface area contributed by atoms with Crippen LogP contribution < -0.4 is 9.47 Å². The second-order valence-corrected chi connectivity index (χ2v) is 6.78. The van der Waals surface area contributed by atoms with E-state index in [1.807, 2.05) is 12.1 Å². The van der Waals surface area contributed by atoms with Gasteiger partial charge in [-0.15, -0.1) is 0 Å². The molecule has 0 saturated heterocycles. The maximum absolute atomic E-state index is 10.0. The van der Waals surface area contributed by atoms with Gasteiger partial charge < -0.3 is 14.6 Å². The Morgan fingerprint density at radius 2 is 2.23 bits per heavy atom. The van der Waals surface area contributed by atoms with Gasteiger partial charge in [0.05, 0.1) is 18.6 Å². The minimum absolute atomic E-state index is 0.00347. The topological polar surface area (TPSA) is 41.9 Å².